The monoisotopic (exact) mass is 395 g/mol. The van der Waals surface area contributed by atoms with E-state index in [0.29, 0.717) is 20.7 Å². The second-order valence-electron chi connectivity index (χ2n) is 5.00. The van der Waals surface area contributed by atoms with E-state index in [2.05, 4.69) is 15.6 Å². The summed E-state index contributed by atoms with van der Waals surface area (Å²) in [6, 6.07) is 10.3. The number of thiazole rings is 1. The molecule has 0 atom stereocenters. The highest BCUT2D eigenvalue weighted by molar-refractivity contribution is 7.80. The lowest BCUT2D eigenvalue weighted by molar-refractivity contribution is 0.0978. The number of hydrogen-bond acceptors (Lipinski definition) is 4. The molecular weight excluding hydrogens is 385 g/mol. The number of carbonyl (C=O) groups excluding carboxylic acids is 1. The summed E-state index contributed by atoms with van der Waals surface area (Å²) in [4.78, 5) is 16.5. The lowest BCUT2D eigenvalue weighted by Gasteiger charge is -2.07. The van der Waals surface area contributed by atoms with Gasteiger partial charge in [-0.1, -0.05) is 34.5 Å². The summed E-state index contributed by atoms with van der Waals surface area (Å²) in [5, 5.41) is 7.53. The lowest BCUT2D eigenvalue weighted by Crippen LogP contribution is -2.34. The lowest BCUT2D eigenvalue weighted by atomic mass is 10.2. The van der Waals surface area contributed by atoms with Crippen LogP contribution in [0.25, 0.3) is 10.2 Å². The van der Waals surface area contributed by atoms with Crippen molar-refractivity contribution in [2.75, 3.05) is 5.32 Å². The molecule has 0 saturated carbocycles. The van der Waals surface area contributed by atoms with Crippen molar-refractivity contribution in [2.24, 2.45) is 0 Å². The van der Waals surface area contributed by atoms with E-state index in [1.807, 2.05) is 19.1 Å². The molecule has 0 fully saturated rings. The minimum Gasteiger partial charge on any atom is -0.308 e. The van der Waals surface area contributed by atoms with E-state index in [-0.39, 0.29) is 11.0 Å². The number of amides is 1. The number of anilines is 1. The quantitative estimate of drug-likeness (QED) is 0.596. The van der Waals surface area contributed by atoms with Crippen LogP contribution in [0.4, 0.5) is 5.13 Å². The van der Waals surface area contributed by atoms with Gasteiger partial charge in [0.25, 0.3) is 5.91 Å². The van der Waals surface area contributed by atoms with E-state index in [4.69, 9.17) is 35.4 Å². The maximum atomic E-state index is 12.1. The molecule has 1 amide bonds. The first-order valence-electron chi connectivity index (χ1n) is 6.87. The van der Waals surface area contributed by atoms with Crippen LogP contribution in [0, 0.1) is 6.92 Å². The number of aromatic nitrogens is 1. The highest BCUT2D eigenvalue weighted by Crippen LogP contribution is 2.30. The summed E-state index contributed by atoms with van der Waals surface area (Å²) in [5.41, 5.74) is 2.23. The number of nitrogens with zero attached hydrogens (tertiary/aromatic N) is 1. The van der Waals surface area contributed by atoms with Crippen LogP contribution in [0.5, 0.6) is 0 Å². The van der Waals surface area contributed by atoms with Crippen molar-refractivity contribution < 1.29 is 4.79 Å². The molecule has 1 heterocycles. The van der Waals surface area contributed by atoms with Crippen molar-refractivity contribution in [3.05, 3.63) is 57.6 Å². The molecule has 3 aromatic rings. The fourth-order valence-electron chi connectivity index (χ4n) is 2.01. The second kappa shape index (κ2) is 7.03. The van der Waals surface area contributed by atoms with Crippen molar-refractivity contribution in [3.63, 3.8) is 0 Å². The van der Waals surface area contributed by atoms with Gasteiger partial charge in [0, 0.05) is 15.6 Å². The molecule has 0 aliphatic rings. The van der Waals surface area contributed by atoms with Crippen molar-refractivity contribution in [1.82, 2.24) is 10.3 Å². The predicted octanol–water partition coefficient (Wildman–Crippen LogP) is 5.04. The van der Waals surface area contributed by atoms with Crippen LogP contribution in [-0.2, 0) is 0 Å². The minimum absolute atomic E-state index is 0.178. The van der Waals surface area contributed by atoms with Crippen molar-refractivity contribution >= 4 is 73.1 Å². The molecule has 0 bridgehead atoms. The first-order valence-corrected chi connectivity index (χ1v) is 8.85. The zero-order chi connectivity index (χ0) is 17.3. The number of rotatable bonds is 2. The smallest absolute Gasteiger partial charge is 0.257 e. The molecule has 8 heteroatoms. The number of hydrogen-bond donors (Lipinski definition) is 2. The van der Waals surface area contributed by atoms with Crippen molar-refractivity contribution in [2.45, 2.75) is 6.92 Å². The fraction of sp³-hybridized carbons (Fsp3) is 0.0625. The molecule has 24 heavy (non-hydrogen) atoms. The standard InChI is InChI=1S/C16H11Cl2N3OS2/c1-8-6-13-12(7-11(8)18)19-16(24-13)21-15(23)20-14(22)9-2-4-10(17)5-3-9/h2-7H,1H3,(H2,19,20,21,22,23). The minimum atomic E-state index is -0.316. The molecule has 1 aromatic heterocycles. The molecule has 2 N–H and O–H groups in total. The van der Waals surface area contributed by atoms with E-state index in [9.17, 15) is 4.79 Å². The second-order valence-corrected chi connectivity index (χ2v) is 7.29. The SMILES string of the molecule is Cc1cc2sc(NC(=S)NC(=O)c3ccc(Cl)cc3)nc2cc1Cl. The fourth-order valence-corrected chi connectivity index (χ4v) is 3.50. The Balaban J connectivity index is 1.70. The molecule has 122 valence electrons. The van der Waals surface area contributed by atoms with Gasteiger partial charge in [0.2, 0.25) is 0 Å². The van der Waals surface area contributed by atoms with Gasteiger partial charge in [-0.3, -0.25) is 10.1 Å². The average molecular weight is 396 g/mol. The van der Waals surface area contributed by atoms with Gasteiger partial charge < -0.3 is 5.32 Å². The Morgan fingerprint density at radius 1 is 1.21 bits per heavy atom. The molecule has 0 spiro atoms. The number of nitrogens with one attached hydrogen (secondary N) is 2. The summed E-state index contributed by atoms with van der Waals surface area (Å²) >= 11 is 18.5. The molecule has 0 radical (unpaired) electrons. The Morgan fingerprint density at radius 2 is 1.92 bits per heavy atom. The molecule has 0 aliphatic carbocycles. The van der Waals surface area contributed by atoms with E-state index in [1.165, 1.54) is 11.3 Å². The number of fused-ring (bicyclic) bond motifs is 1. The normalized spacial score (nSPS) is 10.6. The van der Waals surface area contributed by atoms with Gasteiger partial charge in [-0.25, -0.2) is 4.98 Å². The predicted molar refractivity (Wildman–Crippen MR) is 105 cm³/mol. The zero-order valence-corrected chi connectivity index (χ0v) is 15.5. The molecule has 0 saturated heterocycles. The summed E-state index contributed by atoms with van der Waals surface area (Å²) < 4.78 is 0.992. The van der Waals surface area contributed by atoms with Crippen LogP contribution >= 0.6 is 46.8 Å². The summed E-state index contributed by atoms with van der Waals surface area (Å²) in [7, 11) is 0. The first-order chi connectivity index (χ1) is 11.4. The van der Waals surface area contributed by atoms with Crippen molar-refractivity contribution in [1.29, 1.82) is 0 Å². The molecule has 0 unspecified atom stereocenters. The number of thiocarbonyl (C=S) groups is 1. The molecular formula is C16H11Cl2N3OS2. The third-order valence-electron chi connectivity index (χ3n) is 3.22. The third kappa shape index (κ3) is 3.84. The maximum absolute atomic E-state index is 12.1. The van der Waals surface area contributed by atoms with E-state index >= 15 is 0 Å². The van der Waals surface area contributed by atoms with E-state index in [1.54, 1.807) is 24.3 Å². The van der Waals surface area contributed by atoms with E-state index in [0.717, 1.165) is 15.8 Å². The molecule has 4 nitrogen and oxygen atoms in total. The number of halogens is 2. The average Bonchev–Trinajstić information content (AvgIpc) is 2.89. The molecule has 2 aromatic carbocycles. The first kappa shape index (κ1) is 17.1. The Labute approximate surface area is 157 Å². The summed E-state index contributed by atoms with van der Waals surface area (Å²) in [6.07, 6.45) is 0. The Bertz CT molecular complexity index is 899. The largest absolute Gasteiger partial charge is 0.308 e. The van der Waals surface area contributed by atoms with E-state index < -0.39 is 0 Å². The van der Waals surface area contributed by atoms with Crippen molar-refractivity contribution in [3.8, 4) is 0 Å². The van der Waals surface area contributed by atoms with Gasteiger partial charge in [0.05, 0.1) is 10.2 Å². The van der Waals surface area contributed by atoms with Crippen LogP contribution in [0.15, 0.2) is 36.4 Å². The van der Waals surface area contributed by atoms with Crippen LogP contribution < -0.4 is 10.6 Å². The topological polar surface area (TPSA) is 54.0 Å². The van der Waals surface area contributed by atoms with Gasteiger partial charge in [-0.15, -0.1) is 0 Å². The van der Waals surface area contributed by atoms with Crippen LogP contribution in [0.2, 0.25) is 10.0 Å². The van der Waals surface area contributed by atoms with Crippen LogP contribution in [0.1, 0.15) is 15.9 Å². The summed E-state index contributed by atoms with van der Waals surface area (Å²) in [6.45, 7) is 1.94. The number of benzene rings is 2. The highest BCUT2D eigenvalue weighted by Gasteiger charge is 2.11. The Hall–Kier alpha value is -1.73. The van der Waals surface area contributed by atoms with Crippen LogP contribution in [-0.4, -0.2) is 16.0 Å². The highest BCUT2D eigenvalue weighted by atomic mass is 35.5. The Morgan fingerprint density at radius 3 is 2.62 bits per heavy atom. The van der Waals surface area contributed by atoms with Gasteiger partial charge in [0.1, 0.15) is 0 Å². The molecule has 3 rings (SSSR count). The maximum Gasteiger partial charge on any atom is 0.257 e. The molecule has 0 aliphatic heterocycles. The third-order valence-corrected chi connectivity index (χ3v) is 5.02. The number of aryl methyl sites for hydroxylation is 1. The number of carbonyl (C=O) groups is 1. The van der Waals surface area contributed by atoms with Crippen LogP contribution in [0.3, 0.4) is 0 Å². The van der Waals surface area contributed by atoms with Gasteiger partial charge >= 0.3 is 0 Å². The van der Waals surface area contributed by atoms with Gasteiger partial charge in [-0.05, 0) is 61.1 Å². The Kier molecular flexibility index (Phi) is 5.01. The zero-order valence-electron chi connectivity index (χ0n) is 12.4. The van der Waals surface area contributed by atoms with Gasteiger partial charge in [0.15, 0.2) is 10.2 Å². The van der Waals surface area contributed by atoms with Gasteiger partial charge in [-0.2, -0.15) is 0 Å². The summed E-state index contributed by atoms with van der Waals surface area (Å²) in [5.74, 6) is -0.316.